The van der Waals surface area contributed by atoms with Crippen LogP contribution in [0.5, 0.6) is 5.75 Å². The molecule has 1 aromatic heterocycles. The first-order chi connectivity index (χ1) is 8.74. The number of carbonyl (C=O) groups excluding carboxylic acids is 1. The second-order valence-corrected chi connectivity index (χ2v) is 3.49. The van der Waals surface area contributed by atoms with Gasteiger partial charge in [-0.15, -0.1) is 0 Å². The van der Waals surface area contributed by atoms with Crippen LogP contribution in [0.2, 0.25) is 0 Å². The number of hydrogen-bond acceptors (Lipinski definition) is 5. The lowest BCUT2D eigenvalue weighted by atomic mass is 10.1. The molecule has 0 fully saturated rings. The number of benzene rings is 1. The quantitative estimate of drug-likeness (QED) is 0.772. The van der Waals surface area contributed by atoms with Crippen LogP contribution in [0.15, 0.2) is 36.5 Å². The molecule has 0 aliphatic heterocycles. The highest BCUT2D eigenvalue weighted by atomic mass is 16.5. The van der Waals surface area contributed by atoms with Gasteiger partial charge in [0, 0.05) is 11.8 Å². The van der Waals surface area contributed by atoms with Gasteiger partial charge in [-0.2, -0.15) is 0 Å². The topological polar surface area (TPSA) is 61.3 Å². The molecular formula is C13H12N2O3. The minimum atomic E-state index is -0.556. The lowest BCUT2D eigenvalue weighted by Gasteiger charge is -2.04. The van der Waals surface area contributed by atoms with Gasteiger partial charge in [-0.3, -0.25) is 0 Å². The van der Waals surface area contributed by atoms with Crippen LogP contribution < -0.4 is 4.74 Å². The molecule has 2 rings (SSSR count). The van der Waals surface area contributed by atoms with E-state index in [0.29, 0.717) is 5.69 Å². The Kier molecular flexibility index (Phi) is 3.52. The van der Waals surface area contributed by atoms with Crippen LogP contribution in [0.1, 0.15) is 10.6 Å². The summed E-state index contributed by atoms with van der Waals surface area (Å²) in [5, 5.41) is 0. The highest BCUT2D eigenvalue weighted by Crippen LogP contribution is 2.21. The van der Waals surface area contributed by atoms with Crippen molar-refractivity contribution in [1.82, 2.24) is 9.97 Å². The van der Waals surface area contributed by atoms with Gasteiger partial charge in [0.05, 0.1) is 19.9 Å². The van der Waals surface area contributed by atoms with Crippen LogP contribution in [0, 0.1) is 0 Å². The SMILES string of the molecule is COC(=O)c1nccc(-c2cccc(OC)c2)n1. The van der Waals surface area contributed by atoms with Gasteiger partial charge in [-0.05, 0) is 18.2 Å². The van der Waals surface area contributed by atoms with Gasteiger partial charge in [0.25, 0.3) is 0 Å². The molecular weight excluding hydrogens is 232 g/mol. The third-order valence-electron chi connectivity index (χ3n) is 2.39. The Morgan fingerprint density at radius 3 is 2.78 bits per heavy atom. The first-order valence-corrected chi connectivity index (χ1v) is 5.30. The number of rotatable bonds is 3. The zero-order chi connectivity index (χ0) is 13.0. The lowest BCUT2D eigenvalue weighted by Crippen LogP contribution is -2.07. The van der Waals surface area contributed by atoms with Crippen LogP contribution in [-0.4, -0.2) is 30.2 Å². The first-order valence-electron chi connectivity index (χ1n) is 5.30. The largest absolute Gasteiger partial charge is 0.497 e. The minimum Gasteiger partial charge on any atom is -0.497 e. The van der Waals surface area contributed by atoms with Crippen molar-refractivity contribution in [3.8, 4) is 17.0 Å². The summed E-state index contributed by atoms with van der Waals surface area (Å²) in [6.45, 7) is 0. The van der Waals surface area contributed by atoms with Gasteiger partial charge in [0.15, 0.2) is 0 Å². The van der Waals surface area contributed by atoms with Crippen molar-refractivity contribution < 1.29 is 14.3 Å². The average molecular weight is 244 g/mol. The maximum atomic E-state index is 11.3. The summed E-state index contributed by atoms with van der Waals surface area (Å²) >= 11 is 0. The average Bonchev–Trinajstić information content (AvgIpc) is 2.46. The second kappa shape index (κ2) is 5.27. The number of methoxy groups -OCH3 is 2. The normalized spacial score (nSPS) is 9.89. The van der Waals surface area contributed by atoms with Crippen molar-refractivity contribution in [2.45, 2.75) is 0 Å². The van der Waals surface area contributed by atoms with Gasteiger partial charge in [-0.25, -0.2) is 14.8 Å². The minimum absolute atomic E-state index is 0.0396. The number of esters is 1. The number of hydrogen-bond donors (Lipinski definition) is 0. The third-order valence-corrected chi connectivity index (χ3v) is 2.39. The predicted molar refractivity (Wildman–Crippen MR) is 65.4 cm³/mol. The Bertz CT molecular complexity index is 570. The zero-order valence-corrected chi connectivity index (χ0v) is 10.1. The van der Waals surface area contributed by atoms with E-state index < -0.39 is 5.97 Å². The Labute approximate surface area is 104 Å². The van der Waals surface area contributed by atoms with Gasteiger partial charge < -0.3 is 9.47 Å². The molecule has 2 aromatic rings. The van der Waals surface area contributed by atoms with E-state index in [1.807, 2.05) is 24.3 Å². The molecule has 0 spiro atoms. The molecule has 5 heteroatoms. The number of ether oxygens (including phenoxy) is 2. The van der Waals surface area contributed by atoms with E-state index in [2.05, 4.69) is 14.7 Å². The van der Waals surface area contributed by atoms with E-state index in [1.54, 1.807) is 13.2 Å². The van der Waals surface area contributed by atoms with Crippen LogP contribution in [0.4, 0.5) is 0 Å². The summed E-state index contributed by atoms with van der Waals surface area (Å²) in [6, 6.07) is 9.14. The van der Waals surface area contributed by atoms with Gasteiger partial charge in [-0.1, -0.05) is 12.1 Å². The zero-order valence-electron chi connectivity index (χ0n) is 10.1. The maximum absolute atomic E-state index is 11.3. The molecule has 5 nitrogen and oxygen atoms in total. The van der Waals surface area contributed by atoms with Crippen molar-refractivity contribution in [3.05, 3.63) is 42.4 Å². The van der Waals surface area contributed by atoms with Gasteiger partial charge in [0.1, 0.15) is 5.75 Å². The molecule has 0 saturated carbocycles. The van der Waals surface area contributed by atoms with Crippen LogP contribution in [0.25, 0.3) is 11.3 Å². The maximum Gasteiger partial charge on any atom is 0.376 e. The van der Waals surface area contributed by atoms with Crippen LogP contribution in [-0.2, 0) is 4.74 Å². The Balaban J connectivity index is 2.41. The molecule has 0 aliphatic carbocycles. The van der Waals surface area contributed by atoms with Gasteiger partial charge in [0.2, 0.25) is 5.82 Å². The highest BCUT2D eigenvalue weighted by molar-refractivity contribution is 5.85. The fourth-order valence-corrected chi connectivity index (χ4v) is 1.49. The summed E-state index contributed by atoms with van der Waals surface area (Å²) in [6.07, 6.45) is 1.52. The van der Waals surface area contributed by atoms with Gasteiger partial charge >= 0.3 is 5.97 Å². The van der Waals surface area contributed by atoms with E-state index >= 15 is 0 Å². The number of carbonyl (C=O) groups is 1. The fraction of sp³-hybridized carbons (Fsp3) is 0.154. The Morgan fingerprint density at radius 2 is 2.06 bits per heavy atom. The summed E-state index contributed by atoms with van der Waals surface area (Å²) in [5.41, 5.74) is 1.49. The molecule has 92 valence electrons. The Morgan fingerprint density at radius 1 is 1.22 bits per heavy atom. The van der Waals surface area contributed by atoms with E-state index in [1.165, 1.54) is 13.3 Å². The molecule has 0 atom stereocenters. The first kappa shape index (κ1) is 12.0. The number of aromatic nitrogens is 2. The molecule has 0 saturated heterocycles. The molecule has 0 amide bonds. The standard InChI is InChI=1S/C13H12N2O3/c1-17-10-5-3-4-9(8-10)11-6-7-14-12(15-11)13(16)18-2/h3-8H,1-2H3. The summed E-state index contributed by atoms with van der Waals surface area (Å²) in [4.78, 5) is 19.4. The molecule has 0 bridgehead atoms. The van der Waals surface area contributed by atoms with Crippen LogP contribution in [0.3, 0.4) is 0 Å². The summed E-state index contributed by atoms with van der Waals surface area (Å²) in [5.74, 6) is 0.211. The molecule has 1 aromatic carbocycles. The molecule has 1 heterocycles. The van der Waals surface area contributed by atoms with Crippen molar-refractivity contribution in [2.24, 2.45) is 0 Å². The number of nitrogens with zero attached hydrogens (tertiary/aromatic N) is 2. The lowest BCUT2D eigenvalue weighted by molar-refractivity contribution is 0.0587. The van der Waals surface area contributed by atoms with E-state index in [4.69, 9.17) is 4.74 Å². The predicted octanol–water partition coefficient (Wildman–Crippen LogP) is 1.94. The summed E-state index contributed by atoms with van der Waals surface area (Å²) < 4.78 is 9.72. The molecule has 0 N–H and O–H groups in total. The van der Waals surface area contributed by atoms with E-state index in [9.17, 15) is 4.79 Å². The highest BCUT2D eigenvalue weighted by Gasteiger charge is 2.10. The van der Waals surface area contributed by atoms with E-state index in [0.717, 1.165) is 11.3 Å². The van der Waals surface area contributed by atoms with Crippen molar-refractivity contribution in [3.63, 3.8) is 0 Å². The second-order valence-electron chi connectivity index (χ2n) is 3.49. The van der Waals surface area contributed by atoms with Crippen molar-refractivity contribution >= 4 is 5.97 Å². The van der Waals surface area contributed by atoms with Crippen molar-refractivity contribution in [2.75, 3.05) is 14.2 Å². The van der Waals surface area contributed by atoms with E-state index in [-0.39, 0.29) is 5.82 Å². The third kappa shape index (κ3) is 2.45. The molecule has 18 heavy (non-hydrogen) atoms. The Hall–Kier alpha value is -2.43. The fourth-order valence-electron chi connectivity index (χ4n) is 1.49. The van der Waals surface area contributed by atoms with Crippen LogP contribution >= 0.6 is 0 Å². The monoisotopic (exact) mass is 244 g/mol. The molecule has 0 aliphatic rings. The molecule has 0 radical (unpaired) electrons. The van der Waals surface area contributed by atoms with Crippen molar-refractivity contribution in [1.29, 1.82) is 0 Å². The summed E-state index contributed by atoms with van der Waals surface area (Å²) in [7, 11) is 2.89. The smallest absolute Gasteiger partial charge is 0.376 e. The molecule has 0 unspecified atom stereocenters.